The van der Waals surface area contributed by atoms with Crippen LogP contribution in [0.3, 0.4) is 0 Å². The Morgan fingerprint density at radius 1 is 1.13 bits per heavy atom. The maximum absolute atomic E-state index is 10.7. The van der Waals surface area contributed by atoms with Crippen LogP contribution < -0.4 is 33.9 Å². The van der Waals surface area contributed by atoms with Crippen LogP contribution in [0, 0.1) is 0 Å². The van der Waals surface area contributed by atoms with Gasteiger partial charge in [0.2, 0.25) is 0 Å². The van der Waals surface area contributed by atoms with E-state index in [1.165, 1.54) is 0 Å². The fraction of sp³-hybridized carbons (Fsp3) is 0. The van der Waals surface area contributed by atoms with Crippen molar-refractivity contribution in [3.05, 3.63) is 24.3 Å². The van der Waals surface area contributed by atoms with Crippen molar-refractivity contribution >= 4 is 28.6 Å². The molecule has 6 nitrogen and oxygen atoms in total. The van der Waals surface area contributed by atoms with Crippen molar-refractivity contribution in [3.8, 4) is 0 Å². The second kappa shape index (κ2) is 5.16. The van der Waals surface area contributed by atoms with Crippen LogP contribution in [0.4, 0.5) is 0 Å². The van der Waals surface area contributed by atoms with E-state index in [2.05, 4.69) is 0 Å². The second-order valence-electron chi connectivity index (χ2n) is 2.51. The van der Waals surface area contributed by atoms with Crippen molar-refractivity contribution in [2.24, 2.45) is 0 Å². The molecule has 1 rings (SSSR count). The zero-order chi connectivity index (χ0) is 11.0. The molecule has 0 heterocycles. The maximum Gasteiger partial charge on any atom is 1.00 e. The standard InChI is InChI=1S/C6H7AsO6S.Na.H/c8-7(9,10)5-1-3-6(4-2-5)14(11,12)13;;/h1-4H,(H2,8,9,10)(H,11,12,13);;/q;+1;-1. The summed E-state index contributed by atoms with van der Waals surface area (Å²) in [4.78, 5) is -0.398. The molecule has 0 spiro atoms. The Labute approximate surface area is 113 Å². The maximum atomic E-state index is 10.7. The van der Waals surface area contributed by atoms with Gasteiger partial charge in [0.1, 0.15) is 0 Å². The Balaban J connectivity index is 0. The monoisotopic (exact) mass is 306 g/mol. The van der Waals surface area contributed by atoms with E-state index in [1.807, 2.05) is 0 Å². The number of hydrogen-bond acceptors (Lipinski definition) is 3. The van der Waals surface area contributed by atoms with Gasteiger partial charge in [-0.05, 0) is 0 Å². The van der Waals surface area contributed by atoms with Crippen molar-refractivity contribution in [1.82, 2.24) is 0 Å². The summed E-state index contributed by atoms with van der Waals surface area (Å²) in [5.74, 6) is 0. The third-order valence-corrected chi connectivity index (χ3v) is 4.38. The molecular weight excluding hydrogens is 298 g/mol. The van der Waals surface area contributed by atoms with Gasteiger partial charge in [-0.15, -0.1) is 0 Å². The predicted molar refractivity (Wildman–Crippen MR) is 47.9 cm³/mol. The second-order valence-corrected chi connectivity index (χ2v) is 7.30. The quantitative estimate of drug-likeness (QED) is 0.376. The molecule has 0 saturated carbocycles. The molecule has 15 heavy (non-hydrogen) atoms. The van der Waals surface area contributed by atoms with Crippen molar-refractivity contribution in [1.29, 1.82) is 0 Å². The summed E-state index contributed by atoms with van der Waals surface area (Å²) in [6, 6.07) is 3.82. The van der Waals surface area contributed by atoms with Crippen LogP contribution in [0.15, 0.2) is 29.2 Å². The molecule has 0 unspecified atom stereocenters. The van der Waals surface area contributed by atoms with E-state index in [1.54, 1.807) is 0 Å². The van der Waals surface area contributed by atoms with Gasteiger partial charge in [0.05, 0.1) is 0 Å². The molecule has 0 amide bonds. The van der Waals surface area contributed by atoms with E-state index in [0.29, 0.717) is 0 Å². The van der Waals surface area contributed by atoms with Gasteiger partial charge in [-0.3, -0.25) is 0 Å². The fourth-order valence-electron chi connectivity index (χ4n) is 0.812. The first-order chi connectivity index (χ1) is 6.21. The van der Waals surface area contributed by atoms with Gasteiger partial charge in [-0.1, -0.05) is 0 Å². The number of benzene rings is 1. The topological polar surface area (TPSA) is 112 Å². The summed E-state index contributed by atoms with van der Waals surface area (Å²) < 4.78 is 57.7. The Hall–Kier alpha value is 0.408. The molecule has 0 bridgehead atoms. The zero-order valence-electron chi connectivity index (χ0n) is 8.73. The van der Waals surface area contributed by atoms with Crippen molar-refractivity contribution in [2.45, 2.75) is 4.90 Å². The van der Waals surface area contributed by atoms with Gasteiger partial charge in [0.25, 0.3) is 0 Å². The largest absolute Gasteiger partial charge is 1.00 e. The molecule has 80 valence electrons. The van der Waals surface area contributed by atoms with E-state index in [4.69, 9.17) is 12.7 Å². The molecule has 0 radical (unpaired) electrons. The van der Waals surface area contributed by atoms with E-state index in [-0.39, 0.29) is 35.3 Å². The van der Waals surface area contributed by atoms with Gasteiger partial charge >= 0.3 is 112 Å². The first kappa shape index (κ1) is 15.4. The minimum atomic E-state index is -4.97. The Bertz CT molecular complexity index is 480. The summed E-state index contributed by atoms with van der Waals surface area (Å²) in [6.45, 7) is 0. The minimum Gasteiger partial charge on any atom is -1.00 e. The smallest absolute Gasteiger partial charge is 1.00 e. The Morgan fingerprint density at radius 2 is 1.53 bits per heavy atom. The van der Waals surface area contributed by atoms with Crippen LogP contribution in [0.5, 0.6) is 0 Å². The first-order valence-corrected chi connectivity index (χ1v) is 8.17. The molecule has 0 aliphatic carbocycles. The average molecular weight is 306 g/mol. The van der Waals surface area contributed by atoms with Gasteiger partial charge in [0, 0.05) is 0 Å². The van der Waals surface area contributed by atoms with Crippen molar-refractivity contribution < 1.29 is 55.9 Å². The average Bonchev–Trinajstić information content (AvgIpc) is 2.01. The molecular formula is C6H8AsNaO6S. The molecule has 0 fully saturated rings. The van der Waals surface area contributed by atoms with E-state index in [9.17, 15) is 12.2 Å². The fourth-order valence-corrected chi connectivity index (χ4v) is 2.42. The summed E-state index contributed by atoms with van der Waals surface area (Å²) in [5, 5.41) is 0. The van der Waals surface area contributed by atoms with Crippen LogP contribution in [0.25, 0.3) is 0 Å². The van der Waals surface area contributed by atoms with Crippen molar-refractivity contribution in [2.75, 3.05) is 0 Å². The van der Waals surface area contributed by atoms with E-state index >= 15 is 0 Å². The Kier molecular flexibility index (Phi) is 5.30. The molecule has 1 aromatic carbocycles. The Morgan fingerprint density at radius 3 is 1.80 bits per heavy atom. The third-order valence-electron chi connectivity index (χ3n) is 1.47. The molecule has 0 aromatic heterocycles. The zero-order valence-corrected chi connectivity index (χ0v) is 12.4. The predicted octanol–water partition coefficient (Wildman–Crippen LogP) is -4.39. The SMILES string of the molecule is O=S(=O)(O)c1ccc([As](=O)(O)O)cc1.[H-].[Na+]. The molecule has 0 saturated heterocycles. The molecule has 0 aliphatic rings. The third kappa shape index (κ3) is 4.42. The number of hydrogen-bond donors (Lipinski definition) is 3. The summed E-state index contributed by atoms with van der Waals surface area (Å²) in [5.41, 5.74) is 0. The normalized spacial score (nSPS) is 11.9. The van der Waals surface area contributed by atoms with Gasteiger partial charge in [-0.2, -0.15) is 0 Å². The summed E-state index contributed by atoms with van der Waals surface area (Å²) in [6.07, 6.45) is 0. The molecule has 9 heteroatoms. The minimum absolute atomic E-state index is 0. The van der Waals surface area contributed by atoms with Crippen LogP contribution in [0.2, 0.25) is 0 Å². The van der Waals surface area contributed by atoms with Gasteiger partial charge in [0.15, 0.2) is 0 Å². The van der Waals surface area contributed by atoms with Crippen LogP contribution >= 0.6 is 0 Å². The molecule has 0 atom stereocenters. The van der Waals surface area contributed by atoms with Crippen LogP contribution in [-0.4, -0.2) is 35.3 Å². The summed E-state index contributed by atoms with van der Waals surface area (Å²) >= 11 is -4.97. The van der Waals surface area contributed by atoms with Crippen molar-refractivity contribution in [3.63, 3.8) is 0 Å². The van der Waals surface area contributed by atoms with Crippen LogP contribution in [-0.2, 0) is 13.9 Å². The van der Waals surface area contributed by atoms with E-state index < -0.39 is 29.2 Å². The molecule has 1 aromatic rings. The van der Waals surface area contributed by atoms with Crippen LogP contribution in [0.1, 0.15) is 1.43 Å². The molecule has 3 N–H and O–H groups in total. The van der Waals surface area contributed by atoms with Gasteiger partial charge < -0.3 is 1.43 Å². The molecule has 0 aliphatic heterocycles. The summed E-state index contributed by atoms with van der Waals surface area (Å²) in [7, 11) is -4.31. The first-order valence-electron chi connectivity index (χ1n) is 3.35. The van der Waals surface area contributed by atoms with Gasteiger partial charge in [-0.25, -0.2) is 0 Å². The number of rotatable bonds is 2. The van der Waals surface area contributed by atoms with E-state index in [0.717, 1.165) is 24.3 Å².